The summed E-state index contributed by atoms with van der Waals surface area (Å²) < 4.78 is 28.4. The first-order valence-corrected chi connectivity index (χ1v) is 11.0. The highest BCUT2D eigenvalue weighted by molar-refractivity contribution is 7.59. The van der Waals surface area contributed by atoms with Crippen molar-refractivity contribution < 1.29 is 18.4 Å². The summed E-state index contributed by atoms with van der Waals surface area (Å²) in [5.74, 6) is 0.00339. The van der Waals surface area contributed by atoms with E-state index in [0.717, 1.165) is 24.1 Å². The smallest absolute Gasteiger partial charge is 0.280 e. The molecule has 11 heteroatoms. The first-order chi connectivity index (χ1) is 15.8. The highest BCUT2D eigenvalue weighted by Crippen LogP contribution is 2.36. The van der Waals surface area contributed by atoms with Gasteiger partial charge >= 0.3 is 0 Å². The number of fused-ring (bicyclic) bond motifs is 2. The fourth-order valence-electron chi connectivity index (χ4n) is 5.04. The summed E-state index contributed by atoms with van der Waals surface area (Å²) in [6, 6.07) is 6.83. The number of piperidine rings is 1. The predicted octanol–water partition coefficient (Wildman–Crippen LogP) is 3.28. The van der Waals surface area contributed by atoms with Gasteiger partial charge in [-0.05, 0) is 49.1 Å². The molecule has 0 N–H and O–H groups in total. The van der Waals surface area contributed by atoms with E-state index in [4.69, 9.17) is 0 Å². The number of benzene rings is 1. The van der Waals surface area contributed by atoms with Gasteiger partial charge in [-0.1, -0.05) is 6.92 Å². The number of alkyl halides is 2. The number of halogens is 2. The Kier molecular flexibility index (Phi) is 6.32. The maximum Gasteiger partial charge on any atom is 0.280 e. The van der Waals surface area contributed by atoms with Gasteiger partial charge in [0.2, 0.25) is 5.91 Å². The Hall–Kier alpha value is -3.08. The second kappa shape index (κ2) is 8.94. The first kappa shape index (κ1) is 24.1. The second-order valence-corrected chi connectivity index (χ2v) is 8.99. The molecule has 180 valence electrons. The van der Waals surface area contributed by atoms with Gasteiger partial charge in [-0.15, -0.1) is 0 Å². The molecule has 8 nitrogen and oxygen atoms in total. The third-order valence-electron chi connectivity index (χ3n) is 6.70. The third-order valence-corrected chi connectivity index (χ3v) is 6.70. The molecule has 34 heavy (non-hydrogen) atoms. The topological polar surface area (TPSA) is 83.7 Å². The van der Waals surface area contributed by atoms with Gasteiger partial charge in [-0.3, -0.25) is 9.59 Å². The highest BCUT2D eigenvalue weighted by atomic mass is 32.1. The fourth-order valence-corrected chi connectivity index (χ4v) is 5.04. The van der Waals surface area contributed by atoms with Crippen LogP contribution in [-0.4, -0.2) is 55.9 Å². The summed E-state index contributed by atoms with van der Waals surface area (Å²) in [7, 11) is 0. The summed E-state index contributed by atoms with van der Waals surface area (Å²) in [6.45, 7) is 5.06. The normalized spacial score (nSPS) is 19.9. The molecule has 2 aliphatic heterocycles. The molecule has 5 rings (SSSR count). The van der Waals surface area contributed by atoms with Crippen LogP contribution >= 0.6 is 13.5 Å². The number of amides is 2. The Morgan fingerprint density at radius 2 is 1.97 bits per heavy atom. The molecule has 3 aromatic rings. The molecule has 0 unspecified atom stereocenters. The van der Waals surface area contributed by atoms with Crippen LogP contribution in [0.15, 0.2) is 30.6 Å². The van der Waals surface area contributed by atoms with Gasteiger partial charge in [0.1, 0.15) is 12.0 Å². The molecule has 2 aromatic heterocycles. The van der Waals surface area contributed by atoms with Crippen molar-refractivity contribution in [2.45, 2.75) is 45.0 Å². The monoisotopic (exact) mass is 488 g/mol. The second-order valence-electron chi connectivity index (χ2n) is 8.99. The fraction of sp³-hybridized carbons (Fsp3) is 0.435. The zero-order chi connectivity index (χ0) is 23.3. The molecule has 0 spiro atoms. The molecule has 0 radical (unpaired) electrons. The third kappa shape index (κ3) is 4.02. The van der Waals surface area contributed by atoms with E-state index in [1.54, 1.807) is 15.9 Å². The minimum absolute atomic E-state index is 0. The number of carbonyl (C=O) groups excluding carboxylic acids is 2. The van der Waals surface area contributed by atoms with Crippen LogP contribution in [0.2, 0.25) is 0 Å². The van der Waals surface area contributed by atoms with Crippen molar-refractivity contribution >= 4 is 36.8 Å². The SMILES string of the molecule is CC(=O)N1CCc2cc(C(=O)N3CCC[C@](C)(c4cc(C(F)F)nc5ncnn45)C3)ccc21.S. The van der Waals surface area contributed by atoms with Gasteiger partial charge in [0, 0.05) is 43.2 Å². The van der Waals surface area contributed by atoms with Crippen molar-refractivity contribution in [2.24, 2.45) is 0 Å². The Morgan fingerprint density at radius 3 is 2.71 bits per heavy atom. The molecule has 0 saturated carbocycles. The molecule has 1 atom stereocenters. The molecule has 1 saturated heterocycles. The molecule has 2 amide bonds. The maximum atomic E-state index is 13.5. The summed E-state index contributed by atoms with van der Waals surface area (Å²) in [6.07, 6.45) is 0.733. The number of anilines is 1. The average molecular weight is 489 g/mol. The maximum absolute atomic E-state index is 13.5. The summed E-state index contributed by atoms with van der Waals surface area (Å²) in [5, 5.41) is 4.19. The van der Waals surface area contributed by atoms with Crippen LogP contribution in [0.5, 0.6) is 0 Å². The average Bonchev–Trinajstić information content (AvgIpc) is 3.44. The van der Waals surface area contributed by atoms with Crippen molar-refractivity contribution in [2.75, 3.05) is 24.5 Å². The molecular formula is C23H26F2N6O2S. The lowest BCUT2D eigenvalue weighted by molar-refractivity contribution is -0.116. The molecule has 1 aromatic carbocycles. The predicted molar refractivity (Wildman–Crippen MR) is 127 cm³/mol. The van der Waals surface area contributed by atoms with Crippen LogP contribution in [0, 0.1) is 0 Å². The quantitative estimate of drug-likeness (QED) is 0.565. The Bertz CT molecular complexity index is 1270. The number of hydrogen-bond donors (Lipinski definition) is 0. The largest absolute Gasteiger partial charge is 0.338 e. The van der Waals surface area contributed by atoms with Crippen molar-refractivity contribution in [3.63, 3.8) is 0 Å². The van der Waals surface area contributed by atoms with E-state index in [1.165, 1.54) is 23.8 Å². The van der Waals surface area contributed by atoms with Crippen LogP contribution in [0.25, 0.3) is 5.78 Å². The molecule has 0 bridgehead atoms. The summed E-state index contributed by atoms with van der Waals surface area (Å²) >= 11 is 0. The molecule has 0 aliphatic carbocycles. The number of likely N-dealkylation sites (tertiary alicyclic amines) is 1. The van der Waals surface area contributed by atoms with Crippen molar-refractivity contribution in [1.29, 1.82) is 0 Å². The minimum Gasteiger partial charge on any atom is -0.338 e. The van der Waals surface area contributed by atoms with Gasteiger partial charge in [-0.2, -0.15) is 23.6 Å². The van der Waals surface area contributed by atoms with E-state index in [1.807, 2.05) is 19.1 Å². The van der Waals surface area contributed by atoms with Gasteiger partial charge < -0.3 is 9.80 Å². The van der Waals surface area contributed by atoms with E-state index >= 15 is 0 Å². The highest BCUT2D eigenvalue weighted by Gasteiger charge is 2.38. The van der Waals surface area contributed by atoms with Crippen LogP contribution in [0.1, 0.15) is 60.4 Å². The number of nitrogens with zero attached hydrogens (tertiary/aromatic N) is 6. The number of carbonyl (C=O) groups is 2. The Labute approximate surface area is 202 Å². The van der Waals surface area contributed by atoms with Crippen LogP contribution in [0.3, 0.4) is 0 Å². The van der Waals surface area contributed by atoms with E-state index in [9.17, 15) is 18.4 Å². The van der Waals surface area contributed by atoms with Gasteiger partial charge in [0.15, 0.2) is 0 Å². The minimum atomic E-state index is -2.73. The van der Waals surface area contributed by atoms with Crippen LogP contribution < -0.4 is 4.90 Å². The van der Waals surface area contributed by atoms with Crippen molar-refractivity contribution in [3.05, 3.63) is 53.1 Å². The lowest BCUT2D eigenvalue weighted by Crippen LogP contribution is -2.48. The van der Waals surface area contributed by atoms with E-state index < -0.39 is 11.8 Å². The zero-order valence-electron chi connectivity index (χ0n) is 19.0. The first-order valence-electron chi connectivity index (χ1n) is 11.0. The standard InChI is InChI=1S/C23H24F2N6O2.H2S/c1-14(32)30-9-6-15-10-16(4-5-18(15)30)21(33)29-8-3-7-23(2,12-29)19-11-17(20(24)25)28-22-26-13-27-31(19)22;/h4-5,10-11,13,20H,3,6-9,12H2,1-2H3;1H2/t23-;/m0./s1. The van der Waals surface area contributed by atoms with Gasteiger partial charge in [0.25, 0.3) is 18.1 Å². The zero-order valence-corrected chi connectivity index (χ0v) is 20.0. The lowest BCUT2D eigenvalue weighted by Gasteiger charge is -2.40. The van der Waals surface area contributed by atoms with Crippen LogP contribution in [-0.2, 0) is 16.6 Å². The van der Waals surface area contributed by atoms with E-state index in [2.05, 4.69) is 15.1 Å². The Morgan fingerprint density at radius 1 is 1.18 bits per heavy atom. The number of rotatable bonds is 3. The molecule has 2 aliphatic rings. The van der Waals surface area contributed by atoms with Crippen molar-refractivity contribution in [3.8, 4) is 0 Å². The van der Waals surface area contributed by atoms with E-state index in [-0.39, 0.29) is 36.8 Å². The van der Waals surface area contributed by atoms with Gasteiger partial charge in [-0.25, -0.2) is 18.3 Å². The summed E-state index contributed by atoms with van der Waals surface area (Å²) in [4.78, 5) is 36.6. The number of aromatic nitrogens is 4. The van der Waals surface area contributed by atoms with Crippen molar-refractivity contribution in [1.82, 2.24) is 24.5 Å². The molecular weight excluding hydrogens is 462 g/mol. The lowest BCUT2D eigenvalue weighted by atomic mass is 9.78. The molecule has 1 fully saturated rings. The molecule has 4 heterocycles. The Balaban J connectivity index is 0.00000274. The number of hydrogen-bond acceptors (Lipinski definition) is 5. The van der Waals surface area contributed by atoms with Crippen LogP contribution in [0.4, 0.5) is 14.5 Å². The van der Waals surface area contributed by atoms with Gasteiger partial charge in [0.05, 0.1) is 5.69 Å². The summed E-state index contributed by atoms with van der Waals surface area (Å²) in [5.41, 5.74) is 2.04. The van der Waals surface area contributed by atoms with E-state index in [0.29, 0.717) is 37.3 Å².